The maximum absolute atomic E-state index is 13.1. The van der Waals surface area contributed by atoms with Crippen molar-refractivity contribution < 1.29 is 23.8 Å². The van der Waals surface area contributed by atoms with Gasteiger partial charge in [0.1, 0.15) is 5.75 Å². The number of nitrogens with zero attached hydrogens (tertiary/aromatic N) is 1. The number of rotatable bonds is 8. The average molecular weight is 490 g/mol. The van der Waals surface area contributed by atoms with E-state index in [1.54, 1.807) is 33.5 Å². The molecule has 1 fully saturated rings. The summed E-state index contributed by atoms with van der Waals surface area (Å²) in [7, 11) is 4.72. The van der Waals surface area contributed by atoms with Gasteiger partial charge in [0.25, 0.3) is 0 Å². The van der Waals surface area contributed by atoms with Crippen molar-refractivity contribution in [2.75, 3.05) is 27.9 Å². The minimum Gasteiger partial charge on any atom is -0.497 e. The second-order valence-corrected chi connectivity index (χ2v) is 8.43. The highest BCUT2D eigenvalue weighted by Gasteiger charge is 2.29. The summed E-state index contributed by atoms with van der Waals surface area (Å²) in [5.74, 6) is 1.85. The van der Waals surface area contributed by atoms with E-state index in [4.69, 9.17) is 14.2 Å². The Hall–Kier alpha value is -2.54. The molecule has 0 bridgehead atoms. The molecule has 0 aromatic heterocycles. The number of amides is 1. The number of Topliss-reactive ketones (excluding diaryl/α,β-unsaturated/α-hetero) is 1. The Labute approximate surface area is 191 Å². The normalized spacial score (nSPS) is 16.0. The standard InChI is InChI=1S/C24H28BrNO5/c1-29-18-9-7-16(8-10-18)12-24(28)26-11-5-4-6-17(26)13-21(27)19-14-22(30-2)23(31-3)15-20(19)25/h7-10,14-15,17H,4-6,11-13H2,1-3H3/t17-/m1/s1. The molecule has 3 rings (SSSR count). The van der Waals surface area contributed by atoms with Crippen molar-refractivity contribution in [3.63, 3.8) is 0 Å². The molecule has 7 heteroatoms. The lowest BCUT2D eigenvalue weighted by atomic mass is 9.94. The largest absolute Gasteiger partial charge is 0.497 e. The summed E-state index contributed by atoms with van der Waals surface area (Å²) >= 11 is 3.47. The number of piperidine rings is 1. The fourth-order valence-electron chi connectivity index (χ4n) is 3.95. The molecule has 2 aromatic rings. The second kappa shape index (κ2) is 10.7. The van der Waals surface area contributed by atoms with Crippen molar-refractivity contribution in [3.8, 4) is 17.2 Å². The molecule has 0 spiro atoms. The highest BCUT2D eigenvalue weighted by atomic mass is 79.9. The van der Waals surface area contributed by atoms with Crippen LogP contribution >= 0.6 is 15.9 Å². The third kappa shape index (κ3) is 5.58. The van der Waals surface area contributed by atoms with Crippen LogP contribution in [-0.4, -0.2) is 50.5 Å². The van der Waals surface area contributed by atoms with E-state index in [1.165, 1.54) is 0 Å². The minimum atomic E-state index is -0.105. The number of hydrogen-bond acceptors (Lipinski definition) is 5. The fraction of sp³-hybridized carbons (Fsp3) is 0.417. The van der Waals surface area contributed by atoms with Crippen molar-refractivity contribution >= 4 is 27.6 Å². The van der Waals surface area contributed by atoms with Gasteiger partial charge in [-0.05, 0) is 65.0 Å². The number of likely N-dealkylation sites (tertiary alicyclic amines) is 1. The maximum Gasteiger partial charge on any atom is 0.227 e. The molecule has 1 amide bonds. The summed E-state index contributed by atoms with van der Waals surface area (Å²) in [5.41, 5.74) is 1.47. The Balaban J connectivity index is 1.73. The number of methoxy groups -OCH3 is 3. The van der Waals surface area contributed by atoms with Crippen LogP contribution in [0.1, 0.15) is 41.6 Å². The highest BCUT2D eigenvalue weighted by Crippen LogP contribution is 2.34. The Morgan fingerprint density at radius 2 is 1.68 bits per heavy atom. The zero-order valence-electron chi connectivity index (χ0n) is 18.2. The van der Waals surface area contributed by atoms with Crippen LogP contribution in [0.25, 0.3) is 0 Å². The van der Waals surface area contributed by atoms with Crippen LogP contribution in [0, 0.1) is 0 Å². The van der Waals surface area contributed by atoms with Crippen molar-refractivity contribution in [1.29, 1.82) is 0 Å². The van der Waals surface area contributed by atoms with E-state index >= 15 is 0 Å². The van der Waals surface area contributed by atoms with Crippen LogP contribution in [-0.2, 0) is 11.2 Å². The van der Waals surface area contributed by atoms with Gasteiger partial charge >= 0.3 is 0 Å². The molecule has 1 aliphatic rings. The quantitative estimate of drug-likeness (QED) is 0.504. The lowest BCUT2D eigenvalue weighted by Crippen LogP contribution is -2.45. The third-order valence-corrected chi connectivity index (χ3v) is 6.31. The van der Waals surface area contributed by atoms with Crippen LogP contribution in [0.2, 0.25) is 0 Å². The van der Waals surface area contributed by atoms with Crippen LogP contribution in [0.4, 0.5) is 0 Å². The predicted molar refractivity (Wildman–Crippen MR) is 122 cm³/mol. The van der Waals surface area contributed by atoms with Crippen LogP contribution in [0.5, 0.6) is 17.2 Å². The Morgan fingerprint density at radius 1 is 1.00 bits per heavy atom. The molecule has 2 aromatic carbocycles. The molecule has 1 atom stereocenters. The van der Waals surface area contributed by atoms with Crippen molar-refractivity contribution in [1.82, 2.24) is 4.90 Å². The van der Waals surface area contributed by atoms with Gasteiger partial charge in [0.15, 0.2) is 17.3 Å². The van der Waals surface area contributed by atoms with Gasteiger partial charge < -0.3 is 19.1 Å². The molecule has 0 unspecified atom stereocenters. The Morgan fingerprint density at radius 3 is 2.32 bits per heavy atom. The molecule has 1 aliphatic heterocycles. The molecule has 0 aliphatic carbocycles. The number of carbonyl (C=O) groups is 2. The first kappa shape index (κ1) is 23.1. The monoisotopic (exact) mass is 489 g/mol. The van der Waals surface area contributed by atoms with E-state index in [0.717, 1.165) is 30.6 Å². The molecule has 1 heterocycles. The van der Waals surface area contributed by atoms with Crippen LogP contribution in [0.15, 0.2) is 40.9 Å². The summed E-state index contributed by atoms with van der Waals surface area (Å²) in [6.45, 7) is 0.681. The van der Waals surface area contributed by atoms with Gasteiger partial charge in [0, 0.05) is 29.0 Å². The molecule has 0 N–H and O–H groups in total. The molecular weight excluding hydrogens is 462 g/mol. The minimum absolute atomic E-state index is 0.0259. The highest BCUT2D eigenvalue weighted by molar-refractivity contribution is 9.10. The van der Waals surface area contributed by atoms with E-state index in [1.807, 2.05) is 29.2 Å². The zero-order chi connectivity index (χ0) is 22.4. The van der Waals surface area contributed by atoms with Gasteiger partial charge in [-0.2, -0.15) is 0 Å². The number of hydrogen-bond donors (Lipinski definition) is 0. The SMILES string of the molecule is COc1ccc(CC(=O)N2CCCC[C@@H]2CC(=O)c2cc(OC)c(OC)cc2Br)cc1. The Kier molecular flexibility index (Phi) is 7.96. The smallest absolute Gasteiger partial charge is 0.227 e. The number of ether oxygens (including phenoxy) is 3. The topological polar surface area (TPSA) is 65.1 Å². The van der Waals surface area contributed by atoms with E-state index in [-0.39, 0.29) is 24.2 Å². The summed E-state index contributed by atoms with van der Waals surface area (Å²) in [6, 6.07) is 10.8. The lowest BCUT2D eigenvalue weighted by Gasteiger charge is -2.35. The van der Waals surface area contributed by atoms with Gasteiger partial charge in [-0.25, -0.2) is 0 Å². The summed E-state index contributed by atoms with van der Waals surface area (Å²) in [4.78, 5) is 28.0. The van der Waals surface area contributed by atoms with Gasteiger partial charge in [-0.1, -0.05) is 12.1 Å². The summed E-state index contributed by atoms with van der Waals surface area (Å²) in [5, 5.41) is 0. The fourth-order valence-corrected chi connectivity index (χ4v) is 4.50. The second-order valence-electron chi connectivity index (χ2n) is 7.58. The third-order valence-electron chi connectivity index (χ3n) is 5.66. The van der Waals surface area contributed by atoms with Gasteiger partial charge in [-0.3, -0.25) is 9.59 Å². The lowest BCUT2D eigenvalue weighted by molar-refractivity contribution is -0.134. The number of ketones is 1. The molecule has 166 valence electrons. The van der Waals surface area contributed by atoms with E-state index in [0.29, 0.717) is 34.5 Å². The van der Waals surface area contributed by atoms with Gasteiger partial charge in [0.2, 0.25) is 5.91 Å². The molecule has 31 heavy (non-hydrogen) atoms. The number of carbonyl (C=O) groups excluding carboxylic acids is 2. The average Bonchev–Trinajstić information content (AvgIpc) is 2.79. The molecular formula is C24H28BrNO5. The summed E-state index contributed by atoms with van der Waals surface area (Å²) < 4.78 is 16.5. The van der Waals surface area contributed by atoms with Crippen LogP contribution in [0.3, 0.4) is 0 Å². The first-order valence-corrected chi connectivity index (χ1v) is 11.1. The zero-order valence-corrected chi connectivity index (χ0v) is 19.7. The van der Waals surface area contributed by atoms with Gasteiger partial charge in [0.05, 0.1) is 27.8 Å². The van der Waals surface area contributed by atoms with Crippen LogP contribution < -0.4 is 14.2 Å². The van der Waals surface area contributed by atoms with Crippen molar-refractivity contribution in [2.24, 2.45) is 0 Å². The van der Waals surface area contributed by atoms with E-state index in [9.17, 15) is 9.59 Å². The number of halogens is 1. The molecule has 0 saturated carbocycles. The van der Waals surface area contributed by atoms with Crippen molar-refractivity contribution in [3.05, 3.63) is 52.0 Å². The molecule has 6 nitrogen and oxygen atoms in total. The van der Waals surface area contributed by atoms with Gasteiger partial charge in [-0.15, -0.1) is 0 Å². The van der Waals surface area contributed by atoms with E-state index in [2.05, 4.69) is 15.9 Å². The van der Waals surface area contributed by atoms with E-state index < -0.39 is 0 Å². The predicted octanol–water partition coefficient (Wildman–Crippen LogP) is 4.67. The maximum atomic E-state index is 13.1. The first-order valence-electron chi connectivity index (χ1n) is 10.3. The number of benzene rings is 2. The Bertz CT molecular complexity index is 928. The van der Waals surface area contributed by atoms with Crippen molar-refractivity contribution in [2.45, 2.75) is 38.1 Å². The summed E-state index contributed by atoms with van der Waals surface area (Å²) in [6.07, 6.45) is 3.39. The molecule has 1 saturated heterocycles. The first-order chi connectivity index (χ1) is 15.0. The molecule has 0 radical (unpaired) electrons.